The lowest BCUT2D eigenvalue weighted by molar-refractivity contribution is 0.0235. The van der Waals surface area contributed by atoms with Gasteiger partial charge < -0.3 is 20.1 Å². The average molecular weight is 375 g/mol. The Balaban J connectivity index is 1.60. The number of carbonyl (C=O) groups is 1. The largest absolute Gasteiger partial charge is 0.493 e. The number of amides is 1. The fourth-order valence-corrected chi connectivity index (χ4v) is 3.76. The molecule has 0 saturated heterocycles. The molecule has 1 fully saturated rings. The number of nitrogens with one attached hydrogen (secondary N) is 2. The first-order valence-electron chi connectivity index (χ1n) is 8.64. The molecule has 0 radical (unpaired) electrons. The predicted molar refractivity (Wildman–Crippen MR) is 96.7 cm³/mol. The van der Waals surface area contributed by atoms with E-state index in [9.17, 15) is 14.7 Å². The lowest BCUT2D eigenvalue weighted by Gasteiger charge is -2.38. The predicted octanol–water partition coefficient (Wildman–Crippen LogP) is 2.21. The van der Waals surface area contributed by atoms with Crippen molar-refractivity contribution in [2.75, 3.05) is 6.61 Å². The summed E-state index contributed by atoms with van der Waals surface area (Å²) in [4.78, 5) is 26.5. The summed E-state index contributed by atoms with van der Waals surface area (Å²) in [6, 6.07) is 7.10. The molecule has 136 valence electrons. The smallest absolute Gasteiger partial charge is 0.266 e. The number of hydrogen-bond donors (Lipinski definition) is 3. The number of hydrogen-bond acceptors (Lipinski definition) is 4. The first kappa shape index (κ1) is 17.1. The molecule has 1 amide bonds. The number of aromatic nitrogens is 1. The minimum atomic E-state index is -0.430. The number of H-pyrrole nitrogens is 1. The van der Waals surface area contributed by atoms with Gasteiger partial charge in [0.2, 0.25) is 0 Å². The molecular formula is C19H19ClN2O4. The van der Waals surface area contributed by atoms with Crippen molar-refractivity contribution in [2.24, 2.45) is 5.92 Å². The summed E-state index contributed by atoms with van der Waals surface area (Å²) in [5, 5.41) is 12.7. The van der Waals surface area contributed by atoms with Gasteiger partial charge >= 0.3 is 0 Å². The SMILES string of the molecule is O=C(N[C@@H](c1ccc2c(c1)CCO2)C1CC(O)C1)c1c[nH]c(=O)c(Cl)c1. The minimum absolute atomic E-state index is 0.0251. The number of carbonyl (C=O) groups excluding carboxylic acids is 1. The Morgan fingerprint density at radius 2 is 2.15 bits per heavy atom. The molecule has 1 atom stereocenters. The van der Waals surface area contributed by atoms with Crippen LogP contribution in [0.2, 0.25) is 5.02 Å². The van der Waals surface area contributed by atoms with Crippen molar-refractivity contribution in [3.63, 3.8) is 0 Å². The van der Waals surface area contributed by atoms with E-state index in [0.717, 1.165) is 23.3 Å². The standard InChI is InChI=1S/C19H19ClN2O4/c20-15-8-13(9-21-19(15)25)18(24)22-17(12-6-14(23)7-12)11-1-2-16-10(5-11)3-4-26-16/h1-2,5,8-9,12,14,17,23H,3-4,6-7H2,(H,21,25)(H,22,24)/t12?,14?,17-/m0/s1. The highest BCUT2D eigenvalue weighted by Crippen LogP contribution is 2.40. The van der Waals surface area contributed by atoms with Crippen LogP contribution in [0.4, 0.5) is 0 Å². The van der Waals surface area contributed by atoms with Crippen LogP contribution in [-0.4, -0.2) is 28.7 Å². The van der Waals surface area contributed by atoms with E-state index in [2.05, 4.69) is 16.4 Å². The van der Waals surface area contributed by atoms with Crippen LogP contribution >= 0.6 is 11.6 Å². The normalized spacial score (nSPS) is 22.1. The first-order valence-corrected chi connectivity index (χ1v) is 9.02. The fraction of sp³-hybridized carbons (Fsp3) is 0.368. The molecule has 4 rings (SSSR count). The van der Waals surface area contributed by atoms with Crippen molar-refractivity contribution >= 4 is 17.5 Å². The van der Waals surface area contributed by atoms with Crippen molar-refractivity contribution in [1.82, 2.24) is 10.3 Å². The second kappa shape index (κ2) is 6.78. The van der Waals surface area contributed by atoms with Gasteiger partial charge in [0.25, 0.3) is 11.5 Å². The van der Waals surface area contributed by atoms with Crippen LogP contribution in [-0.2, 0) is 6.42 Å². The maximum Gasteiger partial charge on any atom is 0.266 e. The molecule has 7 heteroatoms. The van der Waals surface area contributed by atoms with Crippen LogP contribution < -0.4 is 15.6 Å². The number of ether oxygens (including phenoxy) is 1. The summed E-state index contributed by atoms with van der Waals surface area (Å²) in [6.45, 7) is 0.674. The number of benzene rings is 1. The maximum atomic E-state index is 12.7. The van der Waals surface area contributed by atoms with Crippen molar-refractivity contribution in [3.05, 3.63) is 62.5 Å². The molecule has 2 aromatic rings. The van der Waals surface area contributed by atoms with Crippen molar-refractivity contribution < 1.29 is 14.6 Å². The summed E-state index contributed by atoms with van der Waals surface area (Å²) < 4.78 is 5.55. The number of pyridine rings is 1. The molecule has 2 aliphatic rings. The third-order valence-corrected chi connectivity index (χ3v) is 5.38. The second-order valence-electron chi connectivity index (χ2n) is 6.87. The molecular weight excluding hydrogens is 356 g/mol. The molecule has 1 aliphatic carbocycles. The maximum absolute atomic E-state index is 12.7. The minimum Gasteiger partial charge on any atom is -0.493 e. The van der Waals surface area contributed by atoms with Crippen molar-refractivity contribution in [1.29, 1.82) is 0 Å². The van der Waals surface area contributed by atoms with E-state index < -0.39 is 5.56 Å². The van der Waals surface area contributed by atoms with E-state index in [1.54, 1.807) is 0 Å². The third-order valence-electron chi connectivity index (χ3n) is 5.10. The molecule has 3 N–H and O–H groups in total. The van der Waals surface area contributed by atoms with Crippen LogP contribution in [0.5, 0.6) is 5.75 Å². The zero-order valence-corrected chi connectivity index (χ0v) is 14.8. The monoisotopic (exact) mass is 374 g/mol. The Morgan fingerprint density at radius 1 is 1.35 bits per heavy atom. The van der Waals surface area contributed by atoms with Crippen LogP contribution in [0.25, 0.3) is 0 Å². The molecule has 2 heterocycles. The number of fused-ring (bicyclic) bond motifs is 1. The Morgan fingerprint density at radius 3 is 2.88 bits per heavy atom. The van der Waals surface area contributed by atoms with E-state index >= 15 is 0 Å². The van der Waals surface area contributed by atoms with E-state index in [-0.39, 0.29) is 29.0 Å². The van der Waals surface area contributed by atoms with Gasteiger partial charge in [-0.05, 0) is 48.1 Å². The van der Waals surface area contributed by atoms with E-state index in [0.29, 0.717) is 25.0 Å². The lowest BCUT2D eigenvalue weighted by atomic mass is 9.74. The number of rotatable bonds is 4. The van der Waals surface area contributed by atoms with Gasteiger partial charge in [-0.1, -0.05) is 17.7 Å². The zero-order chi connectivity index (χ0) is 18.3. The van der Waals surface area contributed by atoms with Crippen molar-refractivity contribution in [2.45, 2.75) is 31.4 Å². The molecule has 1 saturated carbocycles. The molecule has 0 bridgehead atoms. The van der Waals surface area contributed by atoms with E-state index in [1.165, 1.54) is 12.3 Å². The Labute approximate surface area is 155 Å². The van der Waals surface area contributed by atoms with E-state index in [1.807, 2.05) is 12.1 Å². The van der Waals surface area contributed by atoms with Crippen LogP contribution in [0.15, 0.2) is 35.3 Å². The fourth-order valence-electron chi connectivity index (χ4n) is 3.59. The van der Waals surface area contributed by atoms with Crippen LogP contribution in [0.1, 0.15) is 40.4 Å². The summed E-state index contributed by atoms with van der Waals surface area (Å²) in [5.41, 5.74) is 1.99. The average Bonchev–Trinajstić information content (AvgIpc) is 3.07. The highest BCUT2D eigenvalue weighted by Gasteiger charge is 2.36. The number of halogens is 1. The Kier molecular flexibility index (Phi) is 4.46. The molecule has 0 unspecified atom stereocenters. The van der Waals surface area contributed by atoms with Gasteiger partial charge in [0.05, 0.1) is 24.3 Å². The highest BCUT2D eigenvalue weighted by molar-refractivity contribution is 6.30. The Bertz CT molecular complexity index is 905. The van der Waals surface area contributed by atoms with Gasteiger partial charge in [0, 0.05) is 12.6 Å². The molecule has 1 aromatic heterocycles. The van der Waals surface area contributed by atoms with E-state index in [4.69, 9.17) is 16.3 Å². The third kappa shape index (κ3) is 3.22. The number of aliphatic hydroxyl groups is 1. The lowest BCUT2D eigenvalue weighted by Crippen LogP contribution is -2.41. The van der Waals surface area contributed by atoms with Gasteiger partial charge in [-0.15, -0.1) is 0 Å². The second-order valence-corrected chi connectivity index (χ2v) is 7.27. The first-order chi connectivity index (χ1) is 12.5. The molecule has 26 heavy (non-hydrogen) atoms. The van der Waals surface area contributed by atoms with Gasteiger partial charge in [0.1, 0.15) is 10.8 Å². The van der Waals surface area contributed by atoms with Gasteiger partial charge in [-0.3, -0.25) is 9.59 Å². The van der Waals surface area contributed by atoms with Crippen LogP contribution in [0.3, 0.4) is 0 Å². The zero-order valence-electron chi connectivity index (χ0n) is 14.0. The number of aliphatic hydroxyl groups excluding tert-OH is 1. The molecule has 1 aliphatic heterocycles. The summed E-state index contributed by atoms with van der Waals surface area (Å²) in [7, 11) is 0. The molecule has 0 spiro atoms. The molecule has 6 nitrogen and oxygen atoms in total. The topological polar surface area (TPSA) is 91.4 Å². The number of aromatic amines is 1. The Hall–Kier alpha value is -2.31. The quantitative estimate of drug-likeness (QED) is 0.765. The van der Waals surface area contributed by atoms with Gasteiger partial charge in [-0.25, -0.2) is 0 Å². The van der Waals surface area contributed by atoms with Crippen molar-refractivity contribution in [3.8, 4) is 5.75 Å². The van der Waals surface area contributed by atoms with Gasteiger partial charge in [-0.2, -0.15) is 0 Å². The summed E-state index contributed by atoms with van der Waals surface area (Å²) in [5.74, 6) is 0.735. The van der Waals surface area contributed by atoms with Crippen LogP contribution in [0, 0.1) is 5.92 Å². The highest BCUT2D eigenvalue weighted by atomic mass is 35.5. The summed E-state index contributed by atoms with van der Waals surface area (Å²) in [6.07, 6.45) is 3.18. The summed E-state index contributed by atoms with van der Waals surface area (Å²) >= 11 is 5.82. The molecule has 1 aromatic carbocycles. The van der Waals surface area contributed by atoms with Gasteiger partial charge in [0.15, 0.2) is 0 Å².